The molecule has 4 aromatic rings. The summed E-state index contributed by atoms with van der Waals surface area (Å²) in [5.74, 6) is 4.89. The molecule has 3 N–H and O–H groups in total. The van der Waals surface area contributed by atoms with Crippen molar-refractivity contribution < 1.29 is 48.1 Å². The van der Waals surface area contributed by atoms with Crippen molar-refractivity contribution in [1.82, 2.24) is 0 Å². The van der Waals surface area contributed by atoms with Crippen LogP contribution in [-0.4, -0.2) is 75.0 Å². The maximum Gasteiger partial charge on any atom is 0.204 e. The highest BCUT2D eigenvalue weighted by molar-refractivity contribution is 5.84. The van der Waals surface area contributed by atoms with Crippen LogP contribution in [0, 0.1) is 0 Å². The lowest BCUT2D eigenvalue weighted by Gasteiger charge is -2.38. The van der Waals surface area contributed by atoms with Crippen LogP contribution in [0.15, 0.2) is 42.5 Å². The summed E-state index contributed by atoms with van der Waals surface area (Å²) in [4.78, 5) is 2.81. The Bertz CT molecular complexity index is 1940. The van der Waals surface area contributed by atoms with Gasteiger partial charge in [0.15, 0.2) is 46.0 Å². The molecule has 0 spiro atoms. The van der Waals surface area contributed by atoms with Gasteiger partial charge in [0.2, 0.25) is 5.75 Å². The Balaban J connectivity index is 1.34. The Hall–Kier alpha value is -4.80. The van der Waals surface area contributed by atoms with Gasteiger partial charge in [-0.3, -0.25) is 0 Å². The summed E-state index contributed by atoms with van der Waals surface area (Å²) < 4.78 is 41.7. The topological polar surface area (TPSA) is 93.7 Å². The molecule has 2 unspecified atom stereocenters. The van der Waals surface area contributed by atoms with Gasteiger partial charge in [-0.05, 0) is 58.7 Å². The van der Waals surface area contributed by atoms with Crippen molar-refractivity contribution in [2.24, 2.45) is 0 Å². The number of hydrogen-bond acceptors (Lipinski definition) is 8. The molecule has 10 nitrogen and oxygen atoms in total. The van der Waals surface area contributed by atoms with Crippen molar-refractivity contribution in [3.63, 3.8) is 0 Å². The van der Waals surface area contributed by atoms with Crippen LogP contribution in [0.5, 0.6) is 51.7 Å². The number of aromatic hydroxyl groups is 1. The van der Waals surface area contributed by atoms with E-state index in [4.69, 9.17) is 33.2 Å². The van der Waals surface area contributed by atoms with Crippen LogP contribution in [0.2, 0.25) is 0 Å². The third-order valence-electron chi connectivity index (χ3n) is 11.0. The fourth-order valence-corrected chi connectivity index (χ4v) is 8.32. The van der Waals surface area contributed by atoms with E-state index in [0.717, 1.165) is 66.1 Å². The monoisotopic (exact) mass is 684 g/mol. The second-order valence-electron chi connectivity index (χ2n) is 13.5. The minimum Gasteiger partial charge on any atom is -0.504 e. The van der Waals surface area contributed by atoms with Gasteiger partial charge in [-0.1, -0.05) is 6.07 Å². The highest BCUT2D eigenvalue weighted by Crippen LogP contribution is 2.53. The highest BCUT2D eigenvalue weighted by Gasteiger charge is 2.39. The zero-order valence-electron chi connectivity index (χ0n) is 30.2. The van der Waals surface area contributed by atoms with Gasteiger partial charge in [0.1, 0.15) is 12.1 Å². The van der Waals surface area contributed by atoms with E-state index in [0.29, 0.717) is 40.9 Å². The van der Waals surface area contributed by atoms with Crippen LogP contribution in [0.3, 0.4) is 0 Å². The summed E-state index contributed by atoms with van der Waals surface area (Å²) in [5, 5.41) is 11.5. The van der Waals surface area contributed by atoms with Gasteiger partial charge in [-0.2, -0.15) is 0 Å². The average Bonchev–Trinajstić information content (AvgIpc) is 3.14. The quantitative estimate of drug-likeness (QED) is 0.232. The minimum absolute atomic E-state index is 0.123. The Labute approximate surface area is 294 Å². The van der Waals surface area contributed by atoms with E-state index in [1.165, 1.54) is 32.1 Å². The van der Waals surface area contributed by atoms with Crippen LogP contribution >= 0.6 is 0 Å². The van der Waals surface area contributed by atoms with E-state index in [1.54, 1.807) is 42.7 Å². The summed E-state index contributed by atoms with van der Waals surface area (Å²) in [6.07, 6.45) is 3.35. The zero-order valence-corrected chi connectivity index (χ0v) is 30.2. The summed E-state index contributed by atoms with van der Waals surface area (Å²) in [5.41, 5.74) is 8.71. The molecule has 0 aromatic heterocycles. The van der Waals surface area contributed by atoms with Crippen LogP contribution in [-0.2, 0) is 25.7 Å². The number of ether oxygens (including phenoxy) is 7. The standard InChI is InChI=1S/C40H46N2O8/c1-41-13-11-22-17-31(45-4)32(46-5)20-26(22)28(41)15-24-9-10-30(44-3)40(49-8)39(24)50-34-19-25-16-29-36-23(12-14-42(29)2)18-35(48-7)38(43)37(36)27(25)21-33(34)47-6/h9-10,17-21,28-29,43H,11-16H2,1-8H3/p+2/t28-,29-/m1/s1. The Morgan fingerprint density at radius 3 is 1.96 bits per heavy atom. The number of rotatable bonds is 10. The number of fused-ring (bicyclic) bond motifs is 3. The van der Waals surface area contributed by atoms with E-state index in [2.05, 4.69) is 38.4 Å². The lowest BCUT2D eigenvalue weighted by Crippen LogP contribution is -3.10. The van der Waals surface area contributed by atoms with Gasteiger partial charge >= 0.3 is 0 Å². The van der Waals surface area contributed by atoms with Crippen molar-refractivity contribution in [3.05, 3.63) is 75.8 Å². The summed E-state index contributed by atoms with van der Waals surface area (Å²) in [7, 11) is 14.3. The molecule has 0 bridgehead atoms. The van der Waals surface area contributed by atoms with E-state index in [9.17, 15) is 5.11 Å². The molecule has 0 fully saturated rings. The number of nitrogens with one attached hydrogen (secondary N) is 2. The molecule has 4 aromatic carbocycles. The number of hydrogen-bond donors (Lipinski definition) is 3. The molecule has 1 aliphatic carbocycles. The molecule has 7 rings (SSSR count). The second-order valence-corrected chi connectivity index (χ2v) is 13.5. The minimum atomic E-state index is 0.123. The van der Waals surface area contributed by atoms with Crippen molar-refractivity contribution in [2.75, 3.05) is 69.8 Å². The van der Waals surface area contributed by atoms with Crippen LogP contribution < -0.4 is 43.0 Å². The van der Waals surface area contributed by atoms with E-state index >= 15 is 0 Å². The van der Waals surface area contributed by atoms with Crippen molar-refractivity contribution in [2.45, 2.75) is 37.8 Å². The maximum atomic E-state index is 11.5. The van der Waals surface area contributed by atoms with Crippen molar-refractivity contribution in [1.29, 1.82) is 0 Å². The molecule has 2 heterocycles. The highest BCUT2D eigenvalue weighted by atomic mass is 16.5. The lowest BCUT2D eigenvalue weighted by atomic mass is 9.76. The predicted molar refractivity (Wildman–Crippen MR) is 190 cm³/mol. The van der Waals surface area contributed by atoms with Gasteiger partial charge in [-0.25, -0.2) is 0 Å². The van der Waals surface area contributed by atoms with Crippen LogP contribution in [0.4, 0.5) is 0 Å². The number of likely N-dealkylation sites (N-methyl/N-ethyl adjacent to an activating group) is 2. The number of benzene rings is 4. The fourth-order valence-electron chi connectivity index (χ4n) is 8.32. The molecular weight excluding hydrogens is 636 g/mol. The third-order valence-corrected chi connectivity index (χ3v) is 11.0. The van der Waals surface area contributed by atoms with E-state index < -0.39 is 0 Å². The molecule has 10 heteroatoms. The summed E-state index contributed by atoms with van der Waals surface area (Å²) >= 11 is 0. The summed E-state index contributed by atoms with van der Waals surface area (Å²) in [6.45, 7) is 1.98. The molecule has 0 amide bonds. The summed E-state index contributed by atoms with van der Waals surface area (Å²) in [6, 6.07) is 14.6. The first-order valence-electron chi connectivity index (χ1n) is 17.2. The van der Waals surface area contributed by atoms with Crippen molar-refractivity contribution in [3.8, 4) is 62.9 Å². The predicted octanol–water partition coefficient (Wildman–Crippen LogP) is 3.93. The fraction of sp³-hybridized carbons (Fsp3) is 0.400. The number of methoxy groups -OCH3 is 6. The Morgan fingerprint density at radius 2 is 1.26 bits per heavy atom. The maximum absolute atomic E-state index is 11.5. The SMILES string of the molecule is COc1cc2c(cc1OC)[C@@H](Cc1ccc(OC)c(OC)c1Oc1cc3c(cc1OC)-c1c(O)c(OC)cc4c1[C@@H](C3)[NH+](C)CC4)[NH+](C)CC2. The van der Waals surface area contributed by atoms with Gasteiger partial charge in [0.25, 0.3) is 0 Å². The number of phenols is 1. The molecule has 2 aliphatic heterocycles. The first kappa shape index (κ1) is 33.7. The first-order chi connectivity index (χ1) is 24.2. The molecule has 0 saturated heterocycles. The molecule has 3 aliphatic rings. The molecule has 50 heavy (non-hydrogen) atoms. The molecule has 4 atom stereocenters. The normalized spacial score (nSPS) is 20.2. The van der Waals surface area contributed by atoms with Gasteiger partial charge in [-0.15, -0.1) is 0 Å². The Morgan fingerprint density at radius 1 is 0.640 bits per heavy atom. The van der Waals surface area contributed by atoms with E-state index in [1.807, 2.05) is 18.2 Å². The lowest BCUT2D eigenvalue weighted by molar-refractivity contribution is -0.914. The number of quaternary nitrogens is 2. The van der Waals surface area contributed by atoms with Crippen LogP contribution in [0.1, 0.15) is 45.5 Å². The van der Waals surface area contributed by atoms with Gasteiger partial charge in [0, 0.05) is 47.9 Å². The molecule has 264 valence electrons. The van der Waals surface area contributed by atoms with Gasteiger partial charge in [0.05, 0.1) is 69.8 Å². The largest absolute Gasteiger partial charge is 0.504 e. The van der Waals surface area contributed by atoms with Gasteiger partial charge < -0.3 is 48.1 Å². The average molecular weight is 685 g/mol. The smallest absolute Gasteiger partial charge is 0.204 e. The zero-order chi connectivity index (χ0) is 35.3. The second kappa shape index (κ2) is 13.5. The van der Waals surface area contributed by atoms with Crippen molar-refractivity contribution >= 4 is 0 Å². The first-order valence-corrected chi connectivity index (χ1v) is 17.2. The molecule has 0 radical (unpaired) electrons. The Kier molecular flexibility index (Phi) is 9.09. The third kappa shape index (κ3) is 5.51. The number of phenolic OH excluding ortho intramolecular Hbond substituents is 1. The van der Waals surface area contributed by atoms with E-state index in [-0.39, 0.29) is 17.8 Å². The van der Waals surface area contributed by atoms with Crippen LogP contribution in [0.25, 0.3) is 11.1 Å². The molecule has 0 saturated carbocycles. The molecular formula is C40H48N2O8+2.